The topological polar surface area (TPSA) is 148 Å². The monoisotopic (exact) mass is 527 g/mol. The molecule has 1 aromatic heterocycles. The zero-order chi connectivity index (χ0) is 27.7. The van der Waals surface area contributed by atoms with E-state index in [-0.39, 0.29) is 24.8 Å². The first-order valence-electron chi connectivity index (χ1n) is 12.7. The SMILES string of the molecule is CC(C)(N)CC(=O)N[C@H](COCc1ccccc1)C(=O)NCc1ccc(-c2ccccc2-c2nn[nH]n2)cc1. The molecule has 0 bridgehead atoms. The van der Waals surface area contributed by atoms with E-state index in [9.17, 15) is 9.59 Å². The minimum atomic E-state index is -0.857. The molecular formula is C29H33N7O3. The highest BCUT2D eigenvalue weighted by Crippen LogP contribution is 2.29. The molecule has 39 heavy (non-hydrogen) atoms. The molecule has 0 aliphatic carbocycles. The number of nitrogens with two attached hydrogens (primary N) is 1. The fraction of sp³-hybridized carbons (Fsp3) is 0.276. The molecule has 1 heterocycles. The van der Waals surface area contributed by atoms with E-state index in [1.165, 1.54) is 0 Å². The fourth-order valence-corrected chi connectivity index (χ4v) is 4.03. The highest BCUT2D eigenvalue weighted by atomic mass is 16.5. The lowest BCUT2D eigenvalue weighted by atomic mass is 9.98. The maximum atomic E-state index is 13.1. The van der Waals surface area contributed by atoms with Gasteiger partial charge in [-0.15, -0.1) is 10.2 Å². The smallest absolute Gasteiger partial charge is 0.245 e. The summed E-state index contributed by atoms with van der Waals surface area (Å²) in [6.45, 7) is 4.17. The first-order chi connectivity index (χ1) is 18.8. The highest BCUT2D eigenvalue weighted by Gasteiger charge is 2.24. The van der Waals surface area contributed by atoms with Gasteiger partial charge in [-0.2, -0.15) is 5.21 Å². The molecule has 2 amide bonds. The summed E-state index contributed by atoms with van der Waals surface area (Å²) in [5.74, 6) is -0.129. The van der Waals surface area contributed by atoms with Crippen molar-refractivity contribution in [2.75, 3.05) is 6.61 Å². The fourth-order valence-electron chi connectivity index (χ4n) is 4.03. The number of aromatic nitrogens is 4. The third-order valence-electron chi connectivity index (χ3n) is 5.91. The maximum absolute atomic E-state index is 13.1. The quantitative estimate of drug-likeness (QED) is 0.221. The van der Waals surface area contributed by atoms with E-state index in [1.54, 1.807) is 13.8 Å². The summed E-state index contributed by atoms with van der Waals surface area (Å²) in [5.41, 5.74) is 9.99. The van der Waals surface area contributed by atoms with Crippen molar-refractivity contribution >= 4 is 11.8 Å². The number of tetrazole rings is 1. The van der Waals surface area contributed by atoms with Crippen molar-refractivity contribution < 1.29 is 14.3 Å². The van der Waals surface area contributed by atoms with Crippen LogP contribution < -0.4 is 16.4 Å². The summed E-state index contributed by atoms with van der Waals surface area (Å²) in [6, 6.07) is 24.4. The molecule has 4 aromatic rings. The second-order valence-corrected chi connectivity index (χ2v) is 9.98. The Hall–Kier alpha value is -4.41. The third-order valence-corrected chi connectivity index (χ3v) is 5.91. The normalized spacial score (nSPS) is 12.1. The van der Waals surface area contributed by atoms with Gasteiger partial charge >= 0.3 is 0 Å². The van der Waals surface area contributed by atoms with E-state index >= 15 is 0 Å². The first kappa shape index (κ1) is 27.6. The molecule has 0 aliphatic heterocycles. The van der Waals surface area contributed by atoms with E-state index in [0.29, 0.717) is 19.0 Å². The molecule has 5 N–H and O–H groups in total. The van der Waals surface area contributed by atoms with E-state index in [2.05, 4.69) is 31.3 Å². The molecule has 0 saturated carbocycles. The molecule has 0 unspecified atom stereocenters. The van der Waals surface area contributed by atoms with Crippen molar-refractivity contribution in [3.8, 4) is 22.5 Å². The third kappa shape index (κ3) is 8.29. The number of carbonyl (C=O) groups is 2. The number of nitrogens with zero attached hydrogens (tertiary/aromatic N) is 3. The standard InChI is InChI=1S/C29H33N7O3/c1-29(2,30)16-26(37)32-25(19-39-18-21-8-4-3-5-9-21)28(38)31-17-20-12-14-22(15-13-20)23-10-6-7-11-24(23)27-33-35-36-34-27/h3-15,25H,16-19,30H2,1-2H3,(H,31,38)(H,32,37)(H,33,34,35,36)/t25-/m1/s1. The van der Waals surface area contributed by atoms with Crippen LogP contribution in [0.25, 0.3) is 22.5 Å². The van der Waals surface area contributed by atoms with Crippen LogP contribution in [0.2, 0.25) is 0 Å². The van der Waals surface area contributed by atoms with E-state index in [4.69, 9.17) is 10.5 Å². The number of amides is 2. The van der Waals surface area contributed by atoms with Crippen molar-refractivity contribution in [3.63, 3.8) is 0 Å². The number of aromatic amines is 1. The highest BCUT2D eigenvalue weighted by molar-refractivity contribution is 5.88. The van der Waals surface area contributed by atoms with Crippen LogP contribution in [0.4, 0.5) is 0 Å². The number of ether oxygens (including phenoxy) is 1. The average molecular weight is 528 g/mol. The molecular weight excluding hydrogens is 494 g/mol. The lowest BCUT2D eigenvalue weighted by Gasteiger charge is -2.22. The minimum Gasteiger partial charge on any atom is -0.374 e. The molecule has 0 radical (unpaired) electrons. The van der Waals surface area contributed by atoms with Gasteiger partial charge in [-0.3, -0.25) is 9.59 Å². The van der Waals surface area contributed by atoms with Crippen LogP contribution in [0.1, 0.15) is 31.4 Å². The Bertz CT molecular complexity index is 1350. The summed E-state index contributed by atoms with van der Waals surface area (Å²) in [4.78, 5) is 25.6. The minimum absolute atomic E-state index is 0.0310. The van der Waals surface area contributed by atoms with Crippen molar-refractivity contribution in [2.45, 2.75) is 45.0 Å². The van der Waals surface area contributed by atoms with Crippen LogP contribution in [-0.2, 0) is 27.5 Å². The van der Waals surface area contributed by atoms with Gasteiger partial charge in [-0.05, 0) is 41.3 Å². The maximum Gasteiger partial charge on any atom is 0.245 e. The van der Waals surface area contributed by atoms with Gasteiger partial charge in [0.25, 0.3) is 0 Å². The first-order valence-corrected chi connectivity index (χ1v) is 12.7. The van der Waals surface area contributed by atoms with Gasteiger partial charge < -0.3 is 21.1 Å². The average Bonchev–Trinajstić information content (AvgIpc) is 3.46. The Kier molecular flexibility index (Phi) is 9.14. The molecule has 4 rings (SSSR count). The number of rotatable bonds is 12. The largest absolute Gasteiger partial charge is 0.374 e. The van der Waals surface area contributed by atoms with E-state index < -0.39 is 11.6 Å². The van der Waals surface area contributed by atoms with Gasteiger partial charge in [0.2, 0.25) is 17.6 Å². The molecule has 202 valence electrons. The van der Waals surface area contributed by atoms with Crippen LogP contribution in [0.15, 0.2) is 78.9 Å². The second kappa shape index (κ2) is 12.9. The molecule has 3 aromatic carbocycles. The summed E-state index contributed by atoms with van der Waals surface area (Å²) in [7, 11) is 0. The van der Waals surface area contributed by atoms with Crippen molar-refractivity contribution in [1.29, 1.82) is 0 Å². The molecule has 0 saturated heterocycles. The van der Waals surface area contributed by atoms with Gasteiger partial charge in [0.05, 0.1) is 13.2 Å². The lowest BCUT2D eigenvalue weighted by molar-refractivity contribution is -0.131. The van der Waals surface area contributed by atoms with Gasteiger partial charge in [-0.1, -0.05) is 78.9 Å². The van der Waals surface area contributed by atoms with Gasteiger partial charge in [-0.25, -0.2) is 0 Å². The summed E-state index contributed by atoms with van der Waals surface area (Å²) in [5, 5.41) is 20.0. The van der Waals surface area contributed by atoms with Gasteiger partial charge in [0.15, 0.2) is 0 Å². The zero-order valence-electron chi connectivity index (χ0n) is 22.1. The number of H-pyrrole nitrogens is 1. The number of carbonyl (C=O) groups excluding carboxylic acids is 2. The summed E-state index contributed by atoms with van der Waals surface area (Å²) in [6.07, 6.45) is 0.0856. The lowest BCUT2D eigenvalue weighted by Crippen LogP contribution is -2.51. The molecule has 0 spiro atoms. The Morgan fingerprint density at radius 3 is 2.31 bits per heavy atom. The van der Waals surface area contributed by atoms with Crippen molar-refractivity contribution in [3.05, 3.63) is 90.0 Å². The van der Waals surface area contributed by atoms with Crippen LogP contribution in [0, 0.1) is 0 Å². The Morgan fingerprint density at radius 2 is 1.64 bits per heavy atom. The van der Waals surface area contributed by atoms with E-state index in [0.717, 1.165) is 27.8 Å². The van der Waals surface area contributed by atoms with Gasteiger partial charge in [0, 0.05) is 24.1 Å². The summed E-state index contributed by atoms with van der Waals surface area (Å²) >= 11 is 0. The predicted molar refractivity (Wildman–Crippen MR) is 148 cm³/mol. The molecule has 0 fully saturated rings. The van der Waals surface area contributed by atoms with Gasteiger partial charge in [0.1, 0.15) is 6.04 Å². The summed E-state index contributed by atoms with van der Waals surface area (Å²) < 4.78 is 5.77. The van der Waals surface area contributed by atoms with Crippen LogP contribution in [0.3, 0.4) is 0 Å². The van der Waals surface area contributed by atoms with Crippen molar-refractivity contribution in [1.82, 2.24) is 31.3 Å². The van der Waals surface area contributed by atoms with Crippen LogP contribution in [-0.4, -0.2) is 50.6 Å². The van der Waals surface area contributed by atoms with Crippen LogP contribution >= 0.6 is 0 Å². The second-order valence-electron chi connectivity index (χ2n) is 9.98. The predicted octanol–water partition coefficient (Wildman–Crippen LogP) is 2.98. The zero-order valence-corrected chi connectivity index (χ0v) is 22.1. The molecule has 10 nitrogen and oxygen atoms in total. The van der Waals surface area contributed by atoms with Crippen LogP contribution in [0.5, 0.6) is 0 Å². The van der Waals surface area contributed by atoms with Crippen molar-refractivity contribution in [2.24, 2.45) is 5.73 Å². The number of hydrogen-bond donors (Lipinski definition) is 4. The number of benzene rings is 3. The Morgan fingerprint density at radius 1 is 0.949 bits per heavy atom. The molecule has 0 aliphatic rings. The Balaban J connectivity index is 1.38. The van der Waals surface area contributed by atoms with E-state index in [1.807, 2.05) is 78.9 Å². The Labute approximate surface area is 227 Å². The molecule has 10 heteroatoms. The number of nitrogens with one attached hydrogen (secondary N) is 3. The number of hydrogen-bond acceptors (Lipinski definition) is 7. The molecule has 1 atom stereocenters.